The molecule has 1 aromatic carbocycles. The highest BCUT2D eigenvalue weighted by Gasteiger charge is 2.07. The van der Waals surface area contributed by atoms with Crippen LogP contribution in [0.4, 0.5) is 5.69 Å². The fourth-order valence-electron chi connectivity index (χ4n) is 1.10. The van der Waals surface area contributed by atoms with E-state index in [0.717, 1.165) is 0 Å². The van der Waals surface area contributed by atoms with Gasteiger partial charge in [0.15, 0.2) is 0 Å². The van der Waals surface area contributed by atoms with E-state index in [2.05, 4.69) is 10.1 Å². The van der Waals surface area contributed by atoms with E-state index in [4.69, 9.17) is 0 Å². The molecule has 0 atom stereocenters. The van der Waals surface area contributed by atoms with E-state index in [0.29, 0.717) is 23.1 Å². The van der Waals surface area contributed by atoms with Crippen LogP contribution in [0.15, 0.2) is 18.2 Å². The van der Waals surface area contributed by atoms with Crippen LogP contribution in [-0.2, 0) is 4.74 Å². The number of aldehydes is 1. The van der Waals surface area contributed by atoms with Crippen molar-refractivity contribution in [2.45, 2.75) is 0 Å². The molecule has 1 N–H and O–H groups in total. The third-order valence-corrected chi connectivity index (χ3v) is 1.80. The van der Waals surface area contributed by atoms with Crippen molar-refractivity contribution in [3.8, 4) is 0 Å². The minimum Gasteiger partial charge on any atom is -0.465 e. The minimum absolute atomic E-state index is 0.362. The monoisotopic (exact) mass is 193 g/mol. The molecule has 0 aliphatic heterocycles. The summed E-state index contributed by atoms with van der Waals surface area (Å²) in [7, 11) is 3.01. The largest absolute Gasteiger partial charge is 0.465 e. The smallest absolute Gasteiger partial charge is 0.337 e. The van der Waals surface area contributed by atoms with Gasteiger partial charge in [-0.3, -0.25) is 4.79 Å². The Bertz CT molecular complexity index is 360. The summed E-state index contributed by atoms with van der Waals surface area (Å²) in [5, 5.41) is 2.85. The Morgan fingerprint density at radius 2 is 2.14 bits per heavy atom. The van der Waals surface area contributed by atoms with Gasteiger partial charge in [0.25, 0.3) is 0 Å². The quantitative estimate of drug-likeness (QED) is 0.581. The van der Waals surface area contributed by atoms with Gasteiger partial charge in [-0.1, -0.05) is 0 Å². The van der Waals surface area contributed by atoms with Crippen LogP contribution >= 0.6 is 0 Å². The second-order valence-electron chi connectivity index (χ2n) is 2.70. The molecule has 0 fully saturated rings. The van der Waals surface area contributed by atoms with Crippen molar-refractivity contribution in [3.05, 3.63) is 29.3 Å². The number of esters is 1. The van der Waals surface area contributed by atoms with Crippen LogP contribution in [0.25, 0.3) is 0 Å². The van der Waals surface area contributed by atoms with E-state index in [1.165, 1.54) is 13.2 Å². The lowest BCUT2D eigenvalue weighted by atomic mass is 10.1. The lowest BCUT2D eigenvalue weighted by molar-refractivity contribution is 0.0601. The maximum atomic E-state index is 11.2. The first kappa shape index (κ1) is 10.2. The van der Waals surface area contributed by atoms with Crippen molar-refractivity contribution in [3.63, 3.8) is 0 Å². The summed E-state index contributed by atoms with van der Waals surface area (Å²) in [6.45, 7) is 0. The van der Waals surface area contributed by atoms with E-state index in [1.807, 2.05) is 0 Å². The number of rotatable bonds is 3. The van der Waals surface area contributed by atoms with Crippen molar-refractivity contribution < 1.29 is 14.3 Å². The number of hydrogen-bond donors (Lipinski definition) is 1. The number of hydrogen-bond acceptors (Lipinski definition) is 4. The van der Waals surface area contributed by atoms with Crippen LogP contribution < -0.4 is 5.32 Å². The van der Waals surface area contributed by atoms with Gasteiger partial charge in [0.05, 0.1) is 12.7 Å². The molecule has 0 saturated carbocycles. The molecule has 1 aromatic rings. The number of nitrogens with one attached hydrogen (secondary N) is 1. The normalized spacial score (nSPS) is 9.29. The number of anilines is 1. The van der Waals surface area contributed by atoms with Crippen LogP contribution in [0.1, 0.15) is 20.7 Å². The van der Waals surface area contributed by atoms with E-state index in [1.54, 1.807) is 19.2 Å². The Hall–Kier alpha value is -1.84. The molecule has 0 radical (unpaired) electrons. The molecular formula is C10H11NO3. The molecule has 74 valence electrons. The first-order valence-corrected chi connectivity index (χ1v) is 4.07. The molecule has 0 heterocycles. The van der Waals surface area contributed by atoms with Gasteiger partial charge in [-0.25, -0.2) is 4.79 Å². The second kappa shape index (κ2) is 4.41. The maximum absolute atomic E-state index is 11.2. The van der Waals surface area contributed by atoms with Crippen LogP contribution in [0, 0.1) is 0 Å². The topological polar surface area (TPSA) is 55.4 Å². The highest BCUT2D eigenvalue weighted by atomic mass is 16.5. The number of carbonyl (C=O) groups excluding carboxylic acids is 2. The summed E-state index contributed by atoms with van der Waals surface area (Å²) in [5.74, 6) is -0.454. The Balaban J connectivity index is 3.16. The van der Waals surface area contributed by atoms with Gasteiger partial charge in [-0.2, -0.15) is 0 Å². The zero-order chi connectivity index (χ0) is 10.6. The number of ether oxygens (including phenoxy) is 1. The van der Waals surface area contributed by atoms with E-state index in [-0.39, 0.29) is 0 Å². The van der Waals surface area contributed by atoms with E-state index in [9.17, 15) is 9.59 Å². The molecule has 0 aromatic heterocycles. The molecule has 1 rings (SSSR count). The van der Waals surface area contributed by atoms with Gasteiger partial charge in [0, 0.05) is 18.3 Å². The second-order valence-corrected chi connectivity index (χ2v) is 2.70. The first-order chi connectivity index (χ1) is 6.71. The molecular weight excluding hydrogens is 182 g/mol. The Kier molecular flexibility index (Phi) is 3.23. The number of methoxy groups -OCH3 is 1. The van der Waals surface area contributed by atoms with Crippen molar-refractivity contribution in [2.24, 2.45) is 0 Å². The van der Waals surface area contributed by atoms with Crippen LogP contribution in [0.3, 0.4) is 0 Å². The summed E-state index contributed by atoms with van der Waals surface area (Å²) in [5.41, 5.74) is 1.51. The molecule has 0 amide bonds. The maximum Gasteiger partial charge on any atom is 0.337 e. The standard InChI is InChI=1S/C10H11NO3/c1-11-9-4-7(6-12)3-8(5-9)10(13)14-2/h3-6,11H,1-2H3. The average molecular weight is 193 g/mol. The van der Waals surface area contributed by atoms with Gasteiger partial charge in [-0.15, -0.1) is 0 Å². The molecule has 14 heavy (non-hydrogen) atoms. The third-order valence-electron chi connectivity index (χ3n) is 1.80. The van der Waals surface area contributed by atoms with Crippen molar-refractivity contribution >= 4 is 17.9 Å². The zero-order valence-electron chi connectivity index (χ0n) is 8.03. The third kappa shape index (κ3) is 2.10. The zero-order valence-corrected chi connectivity index (χ0v) is 8.03. The van der Waals surface area contributed by atoms with Crippen LogP contribution in [0.2, 0.25) is 0 Å². The molecule has 0 spiro atoms. The molecule has 0 unspecified atom stereocenters. The van der Waals surface area contributed by atoms with Gasteiger partial charge < -0.3 is 10.1 Å². The Labute approximate surface area is 81.9 Å². The molecule has 0 bridgehead atoms. The molecule has 0 aliphatic rings. The number of carbonyl (C=O) groups is 2. The lowest BCUT2D eigenvalue weighted by Crippen LogP contribution is -2.03. The van der Waals surface area contributed by atoms with Gasteiger partial charge in [0.2, 0.25) is 0 Å². The molecule has 4 nitrogen and oxygen atoms in total. The Morgan fingerprint density at radius 3 is 2.64 bits per heavy atom. The van der Waals surface area contributed by atoms with Crippen molar-refractivity contribution in [2.75, 3.05) is 19.5 Å². The average Bonchev–Trinajstić information content (AvgIpc) is 2.27. The summed E-state index contributed by atoms with van der Waals surface area (Å²) < 4.78 is 4.55. The fourth-order valence-corrected chi connectivity index (χ4v) is 1.10. The van der Waals surface area contributed by atoms with Crippen molar-refractivity contribution in [1.29, 1.82) is 0 Å². The summed E-state index contributed by atoms with van der Waals surface area (Å²) in [6.07, 6.45) is 0.688. The summed E-state index contributed by atoms with van der Waals surface area (Å²) in [4.78, 5) is 21.7. The molecule has 0 saturated heterocycles. The summed E-state index contributed by atoms with van der Waals surface area (Å²) >= 11 is 0. The predicted octanol–water partition coefficient (Wildman–Crippen LogP) is 1.33. The summed E-state index contributed by atoms with van der Waals surface area (Å²) in [6, 6.07) is 4.76. The minimum atomic E-state index is -0.454. The predicted molar refractivity (Wildman–Crippen MR) is 52.7 cm³/mol. The SMILES string of the molecule is CNc1cc(C=O)cc(C(=O)OC)c1. The van der Waals surface area contributed by atoms with Gasteiger partial charge in [0.1, 0.15) is 6.29 Å². The van der Waals surface area contributed by atoms with Gasteiger partial charge in [-0.05, 0) is 18.2 Å². The Morgan fingerprint density at radius 1 is 1.43 bits per heavy atom. The fraction of sp³-hybridized carbons (Fsp3) is 0.200. The highest BCUT2D eigenvalue weighted by molar-refractivity contribution is 5.93. The van der Waals surface area contributed by atoms with Crippen molar-refractivity contribution in [1.82, 2.24) is 0 Å². The number of benzene rings is 1. The van der Waals surface area contributed by atoms with Crippen LogP contribution in [-0.4, -0.2) is 26.4 Å². The lowest BCUT2D eigenvalue weighted by Gasteiger charge is -2.04. The van der Waals surface area contributed by atoms with E-state index < -0.39 is 5.97 Å². The van der Waals surface area contributed by atoms with Gasteiger partial charge >= 0.3 is 5.97 Å². The molecule has 4 heteroatoms. The highest BCUT2D eigenvalue weighted by Crippen LogP contribution is 2.14. The molecule has 0 aliphatic carbocycles. The van der Waals surface area contributed by atoms with Crippen LogP contribution in [0.5, 0.6) is 0 Å². The van der Waals surface area contributed by atoms with E-state index >= 15 is 0 Å². The first-order valence-electron chi connectivity index (χ1n) is 4.07.